The molecular weight excluding hydrogens is 464 g/mol. The zero-order valence-corrected chi connectivity index (χ0v) is 17.2. The number of urea groups is 1. The summed E-state index contributed by atoms with van der Waals surface area (Å²) in [7, 11) is 0. The van der Waals surface area contributed by atoms with Crippen molar-refractivity contribution in [3.63, 3.8) is 0 Å². The summed E-state index contributed by atoms with van der Waals surface area (Å²) in [4.78, 5) is 12.5. The summed E-state index contributed by atoms with van der Waals surface area (Å²) in [6, 6.07) is 13.4. The molecule has 0 aliphatic heterocycles. The highest BCUT2D eigenvalue weighted by atomic mass is 35.5. The van der Waals surface area contributed by atoms with E-state index in [-0.39, 0.29) is 17.2 Å². The van der Waals surface area contributed by atoms with Crippen LogP contribution in [0.4, 0.5) is 33.7 Å². The van der Waals surface area contributed by atoms with Crippen LogP contribution in [0.5, 0.6) is 0 Å². The Morgan fingerprint density at radius 2 is 1.67 bits per heavy atom. The fourth-order valence-corrected chi connectivity index (χ4v) is 3.17. The summed E-state index contributed by atoms with van der Waals surface area (Å²) in [6.07, 6.45) is -4.90. The Hall–Kier alpha value is -3.99. The highest BCUT2D eigenvalue weighted by Crippen LogP contribution is 2.34. The van der Waals surface area contributed by atoms with E-state index in [2.05, 4.69) is 31.3 Å². The van der Waals surface area contributed by atoms with Crippen molar-refractivity contribution in [3.8, 4) is 22.5 Å². The fourth-order valence-electron chi connectivity index (χ4n) is 3.04. The van der Waals surface area contributed by atoms with Gasteiger partial charge in [0.1, 0.15) is 5.82 Å². The minimum absolute atomic E-state index is 0.183. The highest BCUT2D eigenvalue weighted by Gasteiger charge is 2.34. The van der Waals surface area contributed by atoms with Crippen molar-refractivity contribution in [2.24, 2.45) is 0 Å². The first-order valence-electron chi connectivity index (χ1n) is 9.29. The number of halogens is 5. The van der Waals surface area contributed by atoms with E-state index in [9.17, 15) is 22.4 Å². The number of carbonyl (C=O) groups excluding carboxylic acids is 1. The van der Waals surface area contributed by atoms with Crippen LogP contribution in [0, 0.1) is 5.82 Å². The van der Waals surface area contributed by atoms with Crippen molar-refractivity contribution in [1.29, 1.82) is 0 Å². The number of nitrogens with one attached hydrogen (secondary N) is 3. The number of H-pyrrole nitrogens is 1. The van der Waals surface area contributed by atoms with Crippen LogP contribution in [-0.2, 0) is 6.18 Å². The molecule has 0 saturated heterocycles. The molecule has 1 heterocycles. The van der Waals surface area contributed by atoms with E-state index in [0.717, 1.165) is 17.2 Å². The number of carbonyl (C=O) groups is 1. The summed E-state index contributed by atoms with van der Waals surface area (Å²) >= 11 is 5.93. The third-order valence-electron chi connectivity index (χ3n) is 4.56. The maximum Gasteiger partial charge on any atom is 0.419 e. The van der Waals surface area contributed by atoms with Gasteiger partial charge in [-0.2, -0.15) is 18.4 Å². The van der Waals surface area contributed by atoms with Gasteiger partial charge in [0.2, 0.25) is 5.82 Å². The first-order chi connectivity index (χ1) is 15.7. The molecule has 2 amide bonds. The van der Waals surface area contributed by atoms with Crippen LogP contribution >= 0.6 is 11.6 Å². The lowest BCUT2D eigenvalue weighted by atomic mass is 10.0. The summed E-state index contributed by atoms with van der Waals surface area (Å²) in [5.41, 5.74) is 0.559. The van der Waals surface area contributed by atoms with Crippen LogP contribution in [0.15, 0.2) is 60.7 Å². The average molecular weight is 477 g/mol. The number of aromatic nitrogens is 4. The van der Waals surface area contributed by atoms with E-state index < -0.39 is 23.6 Å². The van der Waals surface area contributed by atoms with Crippen LogP contribution in [0.2, 0.25) is 5.02 Å². The maximum absolute atomic E-state index is 13.5. The molecule has 0 aliphatic rings. The second-order valence-electron chi connectivity index (χ2n) is 6.77. The highest BCUT2D eigenvalue weighted by molar-refractivity contribution is 6.30. The molecule has 4 aromatic rings. The first kappa shape index (κ1) is 22.2. The third-order valence-corrected chi connectivity index (χ3v) is 4.81. The van der Waals surface area contributed by atoms with Gasteiger partial charge < -0.3 is 10.6 Å². The monoisotopic (exact) mass is 476 g/mol. The van der Waals surface area contributed by atoms with E-state index in [0.29, 0.717) is 22.7 Å². The van der Waals surface area contributed by atoms with Gasteiger partial charge in [-0.3, -0.25) is 0 Å². The average Bonchev–Trinajstić information content (AvgIpc) is 3.30. The molecule has 0 saturated carbocycles. The fraction of sp³-hybridized carbons (Fsp3) is 0.0476. The van der Waals surface area contributed by atoms with Crippen molar-refractivity contribution in [2.75, 3.05) is 10.6 Å². The van der Waals surface area contributed by atoms with Gasteiger partial charge in [-0.25, -0.2) is 9.18 Å². The molecule has 0 fully saturated rings. The van der Waals surface area contributed by atoms with E-state index >= 15 is 0 Å². The molecule has 1 aromatic heterocycles. The molecule has 0 radical (unpaired) electrons. The quantitative estimate of drug-likeness (QED) is 0.315. The lowest BCUT2D eigenvalue weighted by Gasteiger charge is -2.14. The van der Waals surface area contributed by atoms with Crippen LogP contribution in [0.1, 0.15) is 5.56 Å². The zero-order chi connectivity index (χ0) is 23.6. The Balaban J connectivity index is 1.61. The van der Waals surface area contributed by atoms with Crippen molar-refractivity contribution in [1.82, 2.24) is 20.6 Å². The largest absolute Gasteiger partial charge is 0.419 e. The minimum atomic E-state index is -4.90. The molecule has 0 aliphatic carbocycles. The maximum atomic E-state index is 13.5. The number of amides is 2. The van der Waals surface area contributed by atoms with Crippen molar-refractivity contribution in [2.45, 2.75) is 6.18 Å². The second-order valence-corrected chi connectivity index (χ2v) is 7.21. The van der Waals surface area contributed by atoms with Gasteiger partial charge in [-0.05, 0) is 58.8 Å². The normalized spacial score (nSPS) is 11.3. The lowest BCUT2D eigenvalue weighted by Crippen LogP contribution is -2.20. The molecule has 168 valence electrons. The van der Waals surface area contributed by atoms with E-state index in [4.69, 9.17) is 11.6 Å². The Kier molecular flexibility index (Phi) is 5.97. The van der Waals surface area contributed by atoms with Gasteiger partial charge in [0.15, 0.2) is 0 Å². The third kappa shape index (κ3) is 5.09. The molecule has 33 heavy (non-hydrogen) atoms. The molecule has 0 bridgehead atoms. The number of hydrogen-bond acceptors (Lipinski definition) is 4. The van der Waals surface area contributed by atoms with Crippen LogP contribution in [0.25, 0.3) is 22.5 Å². The predicted octanol–water partition coefficient (Wildman–Crippen LogP) is 5.99. The molecule has 3 aromatic carbocycles. The molecular formula is C21H13ClF4N6O. The predicted molar refractivity (Wildman–Crippen MR) is 114 cm³/mol. The summed E-state index contributed by atoms with van der Waals surface area (Å²) < 4.78 is 52.3. The van der Waals surface area contributed by atoms with E-state index in [1.165, 1.54) is 0 Å². The number of tetrazole rings is 1. The van der Waals surface area contributed by atoms with E-state index in [1.54, 1.807) is 30.3 Å². The number of benzene rings is 3. The first-order valence-corrected chi connectivity index (χ1v) is 9.67. The number of rotatable bonds is 4. The van der Waals surface area contributed by atoms with E-state index in [1.807, 2.05) is 12.1 Å². The standard InChI is InChI=1S/C21H13ClF4N6O/c22-13-4-1-11(2-5-13)12-3-8-18(15(9-12)19-29-31-32-30-19)28-20(33)27-14-6-7-17(23)16(10-14)21(24,25)26/h1-10H,(H2,27,28,33)(H,29,30,31,32). The Morgan fingerprint density at radius 1 is 0.939 bits per heavy atom. The van der Waals surface area contributed by atoms with Crippen molar-refractivity contribution < 1.29 is 22.4 Å². The zero-order valence-electron chi connectivity index (χ0n) is 16.4. The number of alkyl halides is 3. The number of nitrogens with zero attached hydrogens (tertiary/aromatic N) is 3. The number of aromatic amines is 1. The Labute approximate surface area is 188 Å². The topological polar surface area (TPSA) is 95.6 Å². The second kappa shape index (κ2) is 8.87. The van der Waals surface area contributed by atoms with Gasteiger partial charge in [-0.15, -0.1) is 10.2 Å². The van der Waals surface area contributed by atoms with Gasteiger partial charge in [-0.1, -0.05) is 29.8 Å². The van der Waals surface area contributed by atoms with Gasteiger partial charge in [0.25, 0.3) is 0 Å². The Bertz CT molecular complexity index is 1290. The molecule has 0 atom stereocenters. The van der Waals surface area contributed by atoms with Gasteiger partial charge in [0, 0.05) is 16.3 Å². The molecule has 12 heteroatoms. The molecule has 0 spiro atoms. The lowest BCUT2D eigenvalue weighted by molar-refractivity contribution is -0.139. The Morgan fingerprint density at radius 3 is 2.33 bits per heavy atom. The SMILES string of the molecule is O=C(Nc1ccc(F)c(C(F)(F)F)c1)Nc1ccc(-c2ccc(Cl)cc2)cc1-c1nn[nH]n1. The van der Waals surface area contributed by atoms with Crippen LogP contribution < -0.4 is 10.6 Å². The van der Waals surface area contributed by atoms with Crippen LogP contribution in [0.3, 0.4) is 0 Å². The van der Waals surface area contributed by atoms with Gasteiger partial charge in [0.05, 0.1) is 11.3 Å². The molecule has 7 nitrogen and oxygen atoms in total. The summed E-state index contributed by atoms with van der Waals surface area (Å²) in [5.74, 6) is -1.26. The van der Waals surface area contributed by atoms with Gasteiger partial charge >= 0.3 is 12.2 Å². The molecule has 4 rings (SSSR count). The minimum Gasteiger partial charge on any atom is -0.308 e. The van der Waals surface area contributed by atoms with Crippen LogP contribution in [-0.4, -0.2) is 26.7 Å². The van der Waals surface area contributed by atoms with Crippen molar-refractivity contribution in [3.05, 3.63) is 77.1 Å². The summed E-state index contributed by atoms with van der Waals surface area (Å²) in [5, 5.41) is 19.1. The molecule has 3 N–H and O–H groups in total. The number of hydrogen-bond donors (Lipinski definition) is 3. The molecule has 0 unspecified atom stereocenters. The summed E-state index contributed by atoms with van der Waals surface area (Å²) in [6.45, 7) is 0. The van der Waals surface area contributed by atoms with Crippen molar-refractivity contribution >= 4 is 29.0 Å². The number of anilines is 2. The smallest absolute Gasteiger partial charge is 0.308 e.